The van der Waals surface area contributed by atoms with Gasteiger partial charge in [0.15, 0.2) is 0 Å². The smallest absolute Gasteiger partial charge is 0.306 e. The highest BCUT2D eigenvalue weighted by Crippen LogP contribution is 2.19. The fourth-order valence-electron chi connectivity index (χ4n) is 2.07. The van der Waals surface area contributed by atoms with Gasteiger partial charge in [0, 0.05) is 12.6 Å². The molecule has 0 aliphatic heterocycles. The fourth-order valence-corrected chi connectivity index (χ4v) is 3.04. The summed E-state index contributed by atoms with van der Waals surface area (Å²) in [7, 11) is -2.22. The maximum atomic E-state index is 11.6. The van der Waals surface area contributed by atoms with Gasteiger partial charge in [-0.1, -0.05) is 0 Å². The quantitative estimate of drug-likeness (QED) is 0.473. The van der Waals surface area contributed by atoms with E-state index in [1.165, 1.54) is 7.11 Å². The van der Waals surface area contributed by atoms with Crippen LogP contribution in [0.5, 0.6) is 0 Å². The Labute approximate surface area is 120 Å². The number of nitrogens with two attached hydrogens (primary N) is 1. The topological polar surface area (TPSA) is 108 Å². The third-order valence-electron chi connectivity index (χ3n) is 3.30. The van der Waals surface area contributed by atoms with E-state index in [-0.39, 0.29) is 30.9 Å². The number of carbonyl (C=O) groups excluding carboxylic acids is 1. The van der Waals surface area contributed by atoms with E-state index in [4.69, 9.17) is 10.5 Å². The number of rotatable bonds is 8. The molecule has 0 aromatic carbocycles. The second-order valence-electron chi connectivity index (χ2n) is 4.95. The van der Waals surface area contributed by atoms with Crippen LogP contribution in [0.1, 0.15) is 32.1 Å². The van der Waals surface area contributed by atoms with E-state index in [2.05, 4.69) is 9.46 Å². The summed E-state index contributed by atoms with van der Waals surface area (Å²) in [6.07, 6.45) is 3.79. The van der Waals surface area contributed by atoms with Crippen molar-refractivity contribution in [3.8, 4) is 0 Å². The molecule has 0 saturated heterocycles. The molecule has 118 valence electrons. The van der Waals surface area contributed by atoms with Crippen LogP contribution in [0.3, 0.4) is 0 Å². The van der Waals surface area contributed by atoms with Crippen LogP contribution in [-0.2, 0) is 24.3 Å². The largest absolute Gasteiger partial charge is 0.469 e. The molecular formula is C12H24N2O5S. The average molecular weight is 308 g/mol. The first-order valence-corrected chi connectivity index (χ1v) is 8.49. The molecule has 1 aliphatic carbocycles. The summed E-state index contributed by atoms with van der Waals surface area (Å²) in [6.45, 7) is 0.545. The molecule has 0 unspecified atom stereocenters. The van der Waals surface area contributed by atoms with Crippen LogP contribution >= 0.6 is 0 Å². The van der Waals surface area contributed by atoms with Gasteiger partial charge in [-0.25, -0.2) is 13.1 Å². The first-order valence-electron chi connectivity index (χ1n) is 6.84. The van der Waals surface area contributed by atoms with Crippen molar-refractivity contribution in [3.05, 3.63) is 0 Å². The van der Waals surface area contributed by atoms with Gasteiger partial charge in [0.25, 0.3) is 0 Å². The van der Waals surface area contributed by atoms with E-state index in [0.29, 0.717) is 6.61 Å². The highest BCUT2D eigenvalue weighted by atomic mass is 32.2. The number of ether oxygens (including phenoxy) is 2. The van der Waals surface area contributed by atoms with Gasteiger partial charge in [-0.2, -0.15) is 0 Å². The molecule has 1 saturated carbocycles. The molecule has 1 rings (SSSR count). The number of nitrogens with one attached hydrogen (secondary N) is 1. The fraction of sp³-hybridized carbons (Fsp3) is 0.917. The first kappa shape index (κ1) is 17.4. The van der Waals surface area contributed by atoms with Gasteiger partial charge in [-0.15, -0.1) is 0 Å². The molecule has 7 nitrogen and oxygen atoms in total. The Hall–Kier alpha value is -0.700. The van der Waals surface area contributed by atoms with E-state index in [9.17, 15) is 13.2 Å². The maximum absolute atomic E-state index is 11.6. The first-order chi connectivity index (χ1) is 9.43. The Morgan fingerprint density at radius 2 is 1.95 bits per heavy atom. The molecule has 0 aromatic heterocycles. The normalized spacial score (nSPS) is 23.5. The lowest BCUT2D eigenvalue weighted by Crippen LogP contribution is -2.34. The number of carbonyl (C=O) groups is 1. The molecule has 0 heterocycles. The summed E-state index contributed by atoms with van der Waals surface area (Å²) < 4.78 is 35.5. The van der Waals surface area contributed by atoms with Crippen LogP contribution in [0.4, 0.5) is 0 Å². The van der Waals surface area contributed by atoms with Crippen molar-refractivity contribution in [1.82, 2.24) is 4.72 Å². The minimum atomic E-state index is -3.45. The molecule has 8 heteroatoms. The predicted octanol–water partition coefficient (Wildman–Crippen LogP) is -0.245. The van der Waals surface area contributed by atoms with Crippen molar-refractivity contribution in [1.29, 1.82) is 0 Å². The van der Waals surface area contributed by atoms with Gasteiger partial charge < -0.3 is 15.2 Å². The zero-order valence-electron chi connectivity index (χ0n) is 11.8. The molecule has 0 radical (unpaired) electrons. The van der Waals surface area contributed by atoms with Crippen LogP contribution in [-0.4, -0.2) is 52.5 Å². The zero-order chi connectivity index (χ0) is 15.0. The standard InChI is InChI=1S/C12H24N2O5S/c1-18-12(15)6-9-20(16,17)14-7-8-19-11-4-2-10(13)3-5-11/h10-11,14H,2-9,13H2,1H3. The van der Waals surface area contributed by atoms with Crippen molar-refractivity contribution >= 4 is 16.0 Å². The van der Waals surface area contributed by atoms with E-state index >= 15 is 0 Å². The summed E-state index contributed by atoms with van der Waals surface area (Å²) in [6, 6.07) is 0.270. The second-order valence-corrected chi connectivity index (χ2v) is 6.87. The van der Waals surface area contributed by atoms with Crippen LogP contribution in [0.2, 0.25) is 0 Å². The van der Waals surface area contributed by atoms with Crippen molar-refractivity contribution in [3.63, 3.8) is 0 Å². The molecule has 0 atom stereocenters. The van der Waals surface area contributed by atoms with Gasteiger partial charge in [-0.3, -0.25) is 4.79 Å². The monoisotopic (exact) mass is 308 g/mol. The lowest BCUT2D eigenvalue weighted by molar-refractivity contribution is -0.140. The van der Waals surface area contributed by atoms with E-state index in [1.54, 1.807) is 0 Å². The second kappa shape index (κ2) is 8.56. The Morgan fingerprint density at radius 3 is 2.55 bits per heavy atom. The molecule has 0 spiro atoms. The molecule has 1 fully saturated rings. The lowest BCUT2D eigenvalue weighted by atomic mass is 9.94. The molecular weight excluding hydrogens is 284 g/mol. The summed E-state index contributed by atoms with van der Waals surface area (Å²) in [5.41, 5.74) is 5.79. The number of esters is 1. The van der Waals surface area contributed by atoms with Crippen LogP contribution in [0.25, 0.3) is 0 Å². The van der Waals surface area contributed by atoms with Crippen molar-refractivity contribution in [2.24, 2.45) is 5.73 Å². The summed E-state index contributed by atoms with van der Waals surface area (Å²) >= 11 is 0. The van der Waals surface area contributed by atoms with E-state index in [0.717, 1.165) is 25.7 Å². The Bertz CT molecular complexity index is 391. The van der Waals surface area contributed by atoms with Crippen LogP contribution in [0.15, 0.2) is 0 Å². The van der Waals surface area contributed by atoms with Gasteiger partial charge >= 0.3 is 5.97 Å². The molecule has 0 bridgehead atoms. The van der Waals surface area contributed by atoms with Gasteiger partial charge in [0.05, 0.1) is 32.0 Å². The molecule has 20 heavy (non-hydrogen) atoms. The average Bonchev–Trinajstić information content (AvgIpc) is 2.43. The van der Waals surface area contributed by atoms with E-state index < -0.39 is 16.0 Å². The summed E-state index contributed by atoms with van der Waals surface area (Å²) in [5.74, 6) is -0.803. The third-order valence-corrected chi connectivity index (χ3v) is 4.68. The lowest BCUT2D eigenvalue weighted by Gasteiger charge is -2.26. The highest BCUT2D eigenvalue weighted by molar-refractivity contribution is 7.89. The maximum Gasteiger partial charge on any atom is 0.306 e. The van der Waals surface area contributed by atoms with Crippen molar-refractivity contribution in [2.75, 3.05) is 26.0 Å². The van der Waals surface area contributed by atoms with Gasteiger partial charge in [0.2, 0.25) is 10.0 Å². The van der Waals surface area contributed by atoms with Crippen molar-refractivity contribution < 1.29 is 22.7 Å². The number of hydrogen-bond donors (Lipinski definition) is 2. The zero-order valence-corrected chi connectivity index (χ0v) is 12.7. The van der Waals surface area contributed by atoms with Crippen LogP contribution in [0, 0.1) is 0 Å². The van der Waals surface area contributed by atoms with E-state index in [1.807, 2.05) is 0 Å². The minimum absolute atomic E-state index is 0.146. The number of sulfonamides is 1. The number of hydrogen-bond acceptors (Lipinski definition) is 6. The summed E-state index contributed by atoms with van der Waals surface area (Å²) in [5, 5.41) is 0. The minimum Gasteiger partial charge on any atom is -0.469 e. The van der Waals surface area contributed by atoms with Gasteiger partial charge in [0.1, 0.15) is 0 Å². The molecule has 3 N–H and O–H groups in total. The Kier molecular flexibility index (Phi) is 7.42. The molecule has 0 aromatic rings. The third kappa shape index (κ3) is 7.18. The molecule has 1 aliphatic rings. The van der Waals surface area contributed by atoms with Gasteiger partial charge in [-0.05, 0) is 25.7 Å². The van der Waals surface area contributed by atoms with Crippen molar-refractivity contribution in [2.45, 2.75) is 44.2 Å². The molecule has 0 amide bonds. The number of methoxy groups -OCH3 is 1. The predicted molar refractivity (Wildman–Crippen MR) is 74.6 cm³/mol. The Morgan fingerprint density at radius 1 is 1.30 bits per heavy atom. The summed E-state index contributed by atoms with van der Waals surface area (Å²) in [4.78, 5) is 10.9. The SMILES string of the molecule is COC(=O)CCS(=O)(=O)NCCOC1CCC(N)CC1. The highest BCUT2D eigenvalue weighted by Gasteiger charge is 2.19. The van der Waals surface area contributed by atoms with Crippen LogP contribution < -0.4 is 10.5 Å². The Balaban J connectivity index is 2.12.